The Hall–Kier alpha value is -3.73. The molecule has 0 unspecified atom stereocenters. The van der Waals surface area contributed by atoms with E-state index in [9.17, 15) is 9.59 Å². The van der Waals surface area contributed by atoms with Crippen LogP contribution in [0, 0.1) is 0 Å². The lowest BCUT2D eigenvalue weighted by Gasteiger charge is -2.11. The van der Waals surface area contributed by atoms with Crippen LogP contribution in [-0.4, -0.2) is 17.4 Å². The first-order chi connectivity index (χ1) is 13.1. The number of furan rings is 1. The highest BCUT2D eigenvalue weighted by molar-refractivity contribution is 6.32. The third-order valence-electron chi connectivity index (χ3n) is 4.29. The van der Waals surface area contributed by atoms with Gasteiger partial charge in [-0.3, -0.25) is 9.59 Å². The number of ketones is 1. The standard InChI is InChI=1S/C22H16N2O3/c1-15-19(22(26)24(23-15)18-6-3-2-4-7-18)14-16-9-11-17(12-10-16)21(25)20-8-5-13-27-20/h2-14H,1H3/b19-14+. The molecule has 5 nitrogen and oxygen atoms in total. The van der Waals surface area contributed by atoms with Crippen molar-refractivity contribution < 1.29 is 14.0 Å². The number of rotatable bonds is 4. The molecule has 0 fully saturated rings. The van der Waals surface area contributed by atoms with Crippen LogP contribution >= 0.6 is 0 Å². The number of carbonyl (C=O) groups is 2. The Morgan fingerprint density at radius 3 is 2.41 bits per heavy atom. The molecule has 0 aliphatic carbocycles. The van der Waals surface area contributed by atoms with E-state index in [1.807, 2.05) is 37.3 Å². The van der Waals surface area contributed by atoms with Crippen molar-refractivity contribution in [3.8, 4) is 0 Å². The molecule has 2 aromatic carbocycles. The molecule has 5 heteroatoms. The highest BCUT2D eigenvalue weighted by Gasteiger charge is 2.28. The summed E-state index contributed by atoms with van der Waals surface area (Å²) in [5.74, 6) is -0.0489. The molecule has 1 aromatic heterocycles. The van der Waals surface area contributed by atoms with Crippen LogP contribution in [0.15, 0.2) is 88.1 Å². The summed E-state index contributed by atoms with van der Waals surface area (Å²) in [7, 11) is 0. The Morgan fingerprint density at radius 1 is 1.00 bits per heavy atom. The maximum absolute atomic E-state index is 12.7. The first-order valence-electron chi connectivity index (χ1n) is 8.48. The number of nitrogens with zero attached hydrogens (tertiary/aromatic N) is 2. The van der Waals surface area contributed by atoms with Crippen molar-refractivity contribution in [2.75, 3.05) is 5.01 Å². The fourth-order valence-corrected chi connectivity index (χ4v) is 2.88. The van der Waals surface area contributed by atoms with Gasteiger partial charge in [0.1, 0.15) is 0 Å². The van der Waals surface area contributed by atoms with Crippen LogP contribution in [0.1, 0.15) is 28.6 Å². The molecular weight excluding hydrogens is 340 g/mol. The lowest BCUT2D eigenvalue weighted by molar-refractivity contribution is -0.114. The molecule has 0 radical (unpaired) electrons. The SMILES string of the molecule is CC1=NN(c2ccccc2)C(=O)/C1=C/c1ccc(C(=O)c2ccco2)cc1. The zero-order valence-electron chi connectivity index (χ0n) is 14.6. The minimum atomic E-state index is -0.177. The Labute approximate surface area is 156 Å². The second kappa shape index (κ2) is 6.88. The van der Waals surface area contributed by atoms with Gasteiger partial charge in [0.05, 0.1) is 23.2 Å². The summed E-state index contributed by atoms with van der Waals surface area (Å²) in [5.41, 5.74) is 3.26. The second-order valence-corrected chi connectivity index (χ2v) is 6.12. The zero-order chi connectivity index (χ0) is 18.8. The van der Waals surface area contributed by atoms with Gasteiger partial charge in [-0.2, -0.15) is 10.1 Å². The minimum absolute atomic E-state index is 0.172. The third-order valence-corrected chi connectivity index (χ3v) is 4.29. The van der Waals surface area contributed by atoms with E-state index in [4.69, 9.17) is 4.42 Å². The normalized spacial score (nSPS) is 15.3. The molecule has 1 aliphatic rings. The number of carbonyl (C=O) groups excluding carboxylic acids is 2. The van der Waals surface area contributed by atoms with Gasteiger partial charge < -0.3 is 4.42 Å². The quantitative estimate of drug-likeness (QED) is 0.517. The maximum Gasteiger partial charge on any atom is 0.280 e. The molecule has 0 atom stereocenters. The van der Waals surface area contributed by atoms with Crippen molar-refractivity contribution in [1.82, 2.24) is 0 Å². The molecule has 3 aromatic rings. The zero-order valence-corrected chi connectivity index (χ0v) is 14.6. The highest BCUT2D eigenvalue weighted by atomic mass is 16.3. The Bertz CT molecular complexity index is 1050. The summed E-state index contributed by atoms with van der Waals surface area (Å²) in [6, 6.07) is 19.7. The van der Waals surface area contributed by atoms with Crippen LogP contribution in [0.2, 0.25) is 0 Å². The predicted octanol–water partition coefficient (Wildman–Crippen LogP) is 4.32. The smallest absolute Gasteiger partial charge is 0.280 e. The Balaban J connectivity index is 1.58. The van der Waals surface area contributed by atoms with Crippen LogP contribution in [-0.2, 0) is 4.79 Å². The molecular formula is C22H16N2O3. The average Bonchev–Trinajstić information content (AvgIpc) is 3.33. The lowest BCUT2D eigenvalue weighted by atomic mass is 10.0. The number of hydrazone groups is 1. The van der Waals surface area contributed by atoms with Crippen molar-refractivity contribution in [2.24, 2.45) is 5.10 Å². The lowest BCUT2D eigenvalue weighted by Crippen LogP contribution is -2.21. The molecule has 0 bridgehead atoms. The van der Waals surface area contributed by atoms with E-state index in [0.717, 1.165) is 11.3 Å². The van der Waals surface area contributed by atoms with Crippen LogP contribution in [0.3, 0.4) is 0 Å². The molecule has 2 heterocycles. The minimum Gasteiger partial charge on any atom is -0.461 e. The number of anilines is 1. The van der Waals surface area contributed by atoms with Gasteiger partial charge in [-0.25, -0.2) is 0 Å². The van der Waals surface area contributed by atoms with Gasteiger partial charge in [0.2, 0.25) is 5.78 Å². The maximum atomic E-state index is 12.7. The van der Waals surface area contributed by atoms with Crippen molar-refractivity contribution in [1.29, 1.82) is 0 Å². The van der Waals surface area contributed by atoms with Gasteiger partial charge in [-0.05, 0) is 42.8 Å². The van der Waals surface area contributed by atoms with Crippen LogP contribution in [0.5, 0.6) is 0 Å². The third kappa shape index (κ3) is 3.22. The first kappa shape index (κ1) is 16.7. The molecule has 1 amide bonds. The fourth-order valence-electron chi connectivity index (χ4n) is 2.88. The van der Waals surface area contributed by atoms with E-state index >= 15 is 0 Å². The molecule has 1 aliphatic heterocycles. The topological polar surface area (TPSA) is 62.9 Å². The van der Waals surface area contributed by atoms with E-state index < -0.39 is 0 Å². The number of benzene rings is 2. The summed E-state index contributed by atoms with van der Waals surface area (Å²) < 4.78 is 5.14. The van der Waals surface area contributed by atoms with Crippen molar-refractivity contribution in [3.63, 3.8) is 0 Å². The molecule has 0 spiro atoms. The van der Waals surface area contributed by atoms with Gasteiger partial charge in [0.15, 0.2) is 5.76 Å². The van der Waals surface area contributed by atoms with Gasteiger partial charge >= 0.3 is 0 Å². The van der Waals surface area contributed by atoms with Gasteiger partial charge in [0, 0.05) is 5.56 Å². The molecule has 0 N–H and O–H groups in total. The summed E-state index contributed by atoms with van der Waals surface area (Å²) >= 11 is 0. The van der Waals surface area contributed by atoms with Gasteiger partial charge in [-0.15, -0.1) is 0 Å². The van der Waals surface area contributed by atoms with E-state index in [0.29, 0.717) is 22.6 Å². The number of para-hydroxylation sites is 1. The largest absolute Gasteiger partial charge is 0.461 e. The molecule has 27 heavy (non-hydrogen) atoms. The first-order valence-corrected chi connectivity index (χ1v) is 8.48. The Morgan fingerprint density at radius 2 is 1.74 bits per heavy atom. The highest BCUT2D eigenvalue weighted by Crippen LogP contribution is 2.24. The van der Waals surface area contributed by atoms with Crippen LogP contribution in [0.25, 0.3) is 6.08 Å². The van der Waals surface area contributed by atoms with Crippen LogP contribution in [0.4, 0.5) is 5.69 Å². The summed E-state index contributed by atoms with van der Waals surface area (Å²) in [5, 5.41) is 5.76. The van der Waals surface area contributed by atoms with E-state index in [2.05, 4.69) is 5.10 Å². The summed E-state index contributed by atoms with van der Waals surface area (Å²) in [6.07, 6.45) is 3.25. The average molecular weight is 356 g/mol. The monoisotopic (exact) mass is 356 g/mol. The van der Waals surface area contributed by atoms with Gasteiger partial charge in [0.25, 0.3) is 5.91 Å². The fraction of sp³-hybridized carbons (Fsp3) is 0.0455. The molecule has 132 valence electrons. The summed E-state index contributed by atoms with van der Waals surface area (Å²) in [6.45, 7) is 1.81. The van der Waals surface area contributed by atoms with E-state index in [1.165, 1.54) is 11.3 Å². The number of amides is 1. The second-order valence-electron chi connectivity index (χ2n) is 6.12. The van der Waals surface area contributed by atoms with Crippen molar-refractivity contribution in [3.05, 3.63) is 95.5 Å². The molecule has 4 rings (SSSR count). The van der Waals surface area contributed by atoms with Crippen LogP contribution < -0.4 is 5.01 Å². The molecule has 0 saturated carbocycles. The van der Waals surface area contributed by atoms with Crippen molar-refractivity contribution >= 4 is 29.2 Å². The van der Waals surface area contributed by atoms with E-state index in [-0.39, 0.29) is 11.7 Å². The summed E-state index contributed by atoms with van der Waals surface area (Å²) in [4.78, 5) is 25.0. The number of hydrogen-bond donors (Lipinski definition) is 0. The molecule has 0 saturated heterocycles. The predicted molar refractivity (Wildman–Crippen MR) is 104 cm³/mol. The Kier molecular flexibility index (Phi) is 4.26. The van der Waals surface area contributed by atoms with E-state index in [1.54, 1.807) is 42.5 Å². The van der Waals surface area contributed by atoms with Crippen molar-refractivity contribution in [2.45, 2.75) is 6.92 Å². The number of hydrogen-bond acceptors (Lipinski definition) is 4. The van der Waals surface area contributed by atoms with Gasteiger partial charge in [-0.1, -0.05) is 42.5 Å².